The van der Waals surface area contributed by atoms with Gasteiger partial charge in [0.1, 0.15) is 5.82 Å². The molecule has 2 fully saturated rings. The highest BCUT2D eigenvalue weighted by atomic mass is 16.3. The van der Waals surface area contributed by atoms with E-state index in [9.17, 15) is 4.79 Å². The van der Waals surface area contributed by atoms with E-state index in [2.05, 4.69) is 16.7 Å². The Kier molecular flexibility index (Phi) is 5.35. The Bertz CT molecular complexity index is 883. The van der Waals surface area contributed by atoms with Gasteiger partial charge in [-0.25, -0.2) is 4.98 Å². The second kappa shape index (κ2) is 8.28. The van der Waals surface area contributed by atoms with Crippen molar-refractivity contribution in [2.24, 2.45) is 5.92 Å². The third-order valence-electron chi connectivity index (χ3n) is 6.77. The third kappa shape index (κ3) is 3.77. The molecule has 0 N–H and O–H groups in total. The summed E-state index contributed by atoms with van der Waals surface area (Å²) in [5.41, 5.74) is 2.24. The lowest BCUT2D eigenvalue weighted by Gasteiger charge is -2.36. The fraction of sp³-hybridized carbons (Fsp3) is 0.609. The number of carbonyl (C=O) groups is 1. The number of hydrogen-bond acceptors (Lipinski definition) is 6. The van der Waals surface area contributed by atoms with Gasteiger partial charge in [-0.2, -0.15) is 4.98 Å². The number of amides is 1. The van der Waals surface area contributed by atoms with E-state index in [0.717, 1.165) is 61.5 Å². The van der Waals surface area contributed by atoms with E-state index < -0.39 is 0 Å². The maximum Gasteiger partial charge on any atom is 0.289 e. The van der Waals surface area contributed by atoms with Gasteiger partial charge in [0.15, 0.2) is 5.76 Å². The van der Waals surface area contributed by atoms with Crippen LogP contribution in [-0.4, -0.2) is 53.5 Å². The number of nitrogens with zero attached hydrogens (tertiary/aromatic N) is 5. The van der Waals surface area contributed by atoms with Crippen LogP contribution in [0.5, 0.6) is 0 Å². The van der Waals surface area contributed by atoms with E-state index >= 15 is 0 Å². The van der Waals surface area contributed by atoms with Gasteiger partial charge in [-0.1, -0.05) is 6.92 Å². The van der Waals surface area contributed by atoms with Crippen molar-refractivity contribution < 1.29 is 9.21 Å². The molecule has 3 aliphatic heterocycles. The molecule has 0 bridgehead atoms. The van der Waals surface area contributed by atoms with Crippen molar-refractivity contribution in [3.63, 3.8) is 0 Å². The van der Waals surface area contributed by atoms with Crippen molar-refractivity contribution in [2.45, 2.75) is 52.0 Å². The van der Waals surface area contributed by atoms with Crippen LogP contribution >= 0.6 is 0 Å². The van der Waals surface area contributed by atoms with Crippen molar-refractivity contribution in [3.05, 3.63) is 35.4 Å². The number of anilines is 2. The molecule has 0 aliphatic carbocycles. The normalized spacial score (nSPS) is 20.4. The Morgan fingerprint density at radius 3 is 2.57 bits per heavy atom. The lowest BCUT2D eigenvalue weighted by Crippen LogP contribution is -2.40. The minimum Gasteiger partial charge on any atom is -0.459 e. The number of piperidine rings is 2. The lowest BCUT2D eigenvalue weighted by molar-refractivity contribution is 0.0701. The predicted molar refractivity (Wildman–Crippen MR) is 116 cm³/mol. The zero-order valence-corrected chi connectivity index (χ0v) is 17.8. The highest BCUT2D eigenvalue weighted by Gasteiger charge is 2.30. The highest BCUT2D eigenvalue weighted by Crippen LogP contribution is 2.32. The standard InChI is InChI=1S/C23H31N5O2/c1-17-7-12-27(13-8-17)23-24-19-9-14-28(22(29)20-6-5-15-30-20)16-18(19)21(25-23)26-10-3-2-4-11-26/h5-6,15,17H,2-4,7-14,16H2,1H3. The molecule has 2 aromatic heterocycles. The summed E-state index contributed by atoms with van der Waals surface area (Å²) < 4.78 is 5.35. The van der Waals surface area contributed by atoms with Crippen LogP contribution in [0.1, 0.15) is 60.8 Å². The van der Waals surface area contributed by atoms with Gasteiger partial charge < -0.3 is 19.1 Å². The first-order valence-corrected chi connectivity index (χ1v) is 11.4. The van der Waals surface area contributed by atoms with Gasteiger partial charge in [0.05, 0.1) is 18.5 Å². The fourth-order valence-corrected chi connectivity index (χ4v) is 4.83. The number of carbonyl (C=O) groups excluding carboxylic acids is 1. The van der Waals surface area contributed by atoms with E-state index in [1.807, 2.05) is 4.90 Å². The molecular formula is C23H31N5O2. The van der Waals surface area contributed by atoms with Crippen LogP contribution in [0.15, 0.2) is 22.8 Å². The number of furan rings is 1. The second-order valence-corrected chi connectivity index (χ2v) is 8.94. The van der Waals surface area contributed by atoms with Crippen molar-refractivity contribution in [2.75, 3.05) is 42.5 Å². The van der Waals surface area contributed by atoms with Crippen LogP contribution in [0, 0.1) is 5.92 Å². The monoisotopic (exact) mass is 409 g/mol. The van der Waals surface area contributed by atoms with Crippen molar-refractivity contribution in [1.29, 1.82) is 0 Å². The van der Waals surface area contributed by atoms with Gasteiger partial charge in [0, 0.05) is 44.7 Å². The molecule has 7 nitrogen and oxygen atoms in total. The van der Waals surface area contributed by atoms with Gasteiger partial charge in [-0.05, 0) is 50.2 Å². The van der Waals surface area contributed by atoms with Crippen LogP contribution < -0.4 is 9.80 Å². The number of fused-ring (bicyclic) bond motifs is 1. The summed E-state index contributed by atoms with van der Waals surface area (Å²) in [6.07, 6.45) is 8.40. The molecule has 7 heteroatoms. The zero-order valence-electron chi connectivity index (χ0n) is 17.8. The summed E-state index contributed by atoms with van der Waals surface area (Å²) in [7, 11) is 0. The molecule has 160 valence electrons. The molecule has 0 unspecified atom stereocenters. The van der Waals surface area contributed by atoms with Crippen molar-refractivity contribution in [3.8, 4) is 0 Å². The quantitative estimate of drug-likeness (QED) is 0.773. The van der Waals surface area contributed by atoms with Gasteiger partial charge in [0.2, 0.25) is 5.95 Å². The molecule has 0 spiro atoms. The molecule has 2 saturated heterocycles. The summed E-state index contributed by atoms with van der Waals surface area (Å²) in [5.74, 6) is 3.06. The first kappa shape index (κ1) is 19.4. The second-order valence-electron chi connectivity index (χ2n) is 8.94. The summed E-state index contributed by atoms with van der Waals surface area (Å²) in [6, 6.07) is 3.50. The molecule has 3 aliphatic rings. The van der Waals surface area contributed by atoms with Crippen LogP contribution in [0.2, 0.25) is 0 Å². The SMILES string of the molecule is CC1CCN(c2nc3c(c(N4CCCCC4)n2)CN(C(=O)c2ccco2)CC3)CC1. The minimum atomic E-state index is -0.0515. The van der Waals surface area contributed by atoms with E-state index in [1.165, 1.54) is 32.1 Å². The average molecular weight is 410 g/mol. The maximum atomic E-state index is 12.9. The van der Waals surface area contributed by atoms with Crippen molar-refractivity contribution in [1.82, 2.24) is 14.9 Å². The highest BCUT2D eigenvalue weighted by molar-refractivity contribution is 5.91. The van der Waals surface area contributed by atoms with Crippen LogP contribution in [0.25, 0.3) is 0 Å². The molecular weight excluding hydrogens is 378 g/mol. The summed E-state index contributed by atoms with van der Waals surface area (Å²) in [6.45, 7) is 7.68. The van der Waals surface area contributed by atoms with E-state index in [0.29, 0.717) is 18.8 Å². The first-order valence-electron chi connectivity index (χ1n) is 11.4. The third-order valence-corrected chi connectivity index (χ3v) is 6.77. The average Bonchev–Trinajstić information content (AvgIpc) is 3.33. The Balaban J connectivity index is 1.47. The van der Waals surface area contributed by atoms with Gasteiger partial charge in [0.25, 0.3) is 5.91 Å². The summed E-state index contributed by atoms with van der Waals surface area (Å²) >= 11 is 0. The van der Waals surface area contributed by atoms with Gasteiger partial charge in [-0.3, -0.25) is 4.79 Å². The Labute approximate surface area is 178 Å². The number of rotatable bonds is 3. The molecule has 5 rings (SSSR count). The number of aromatic nitrogens is 2. The fourth-order valence-electron chi connectivity index (χ4n) is 4.83. The van der Waals surface area contributed by atoms with Gasteiger partial charge >= 0.3 is 0 Å². The Morgan fingerprint density at radius 2 is 1.83 bits per heavy atom. The van der Waals surface area contributed by atoms with Crippen LogP contribution in [0.4, 0.5) is 11.8 Å². The molecule has 2 aromatic rings. The molecule has 0 saturated carbocycles. The van der Waals surface area contributed by atoms with E-state index in [-0.39, 0.29) is 5.91 Å². The first-order chi connectivity index (χ1) is 14.7. The molecule has 0 aromatic carbocycles. The number of hydrogen-bond donors (Lipinski definition) is 0. The largest absolute Gasteiger partial charge is 0.459 e. The van der Waals surface area contributed by atoms with E-state index in [1.54, 1.807) is 18.4 Å². The topological polar surface area (TPSA) is 65.7 Å². The Hall–Kier alpha value is -2.57. The zero-order chi connectivity index (χ0) is 20.5. The Morgan fingerprint density at radius 1 is 1.03 bits per heavy atom. The van der Waals surface area contributed by atoms with Gasteiger partial charge in [-0.15, -0.1) is 0 Å². The summed E-state index contributed by atoms with van der Waals surface area (Å²) in [4.78, 5) is 29.6. The molecule has 30 heavy (non-hydrogen) atoms. The summed E-state index contributed by atoms with van der Waals surface area (Å²) in [5, 5.41) is 0. The smallest absolute Gasteiger partial charge is 0.289 e. The lowest BCUT2D eigenvalue weighted by atomic mass is 9.99. The molecule has 1 amide bonds. The predicted octanol–water partition coefficient (Wildman–Crippen LogP) is 3.49. The maximum absolute atomic E-state index is 12.9. The minimum absolute atomic E-state index is 0.0515. The molecule has 0 radical (unpaired) electrons. The van der Waals surface area contributed by atoms with Crippen LogP contribution in [-0.2, 0) is 13.0 Å². The van der Waals surface area contributed by atoms with Crippen LogP contribution in [0.3, 0.4) is 0 Å². The molecule has 5 heterocycles. The van der Waals surface area contributed by atoms with Crippen molar-refractivity contribution >= 4 is 17.7 Å². The molecule has 0 atom stereocenters. The van der Waals surface area contributed by atoms with E-state index in [4.69, 9.17) is 14.4 Å².